The van der Waals surface area contributed by atoms with E-state index in [4.69, 9.17) is 0 Å². The van der Waals surface area contributed by atoms with Crippen LogP contribution in [0.4, 0.5) is 26.3 Å². The average Bonchev–Trinajstić information content (AvgIpc) is 2.75. The summed E-state index contributed by atoms with van der Waals surface area (Å²) in [6.07, 6.45) is 3.29. The molecule has 7 heteroatoms. The minimum atomic E-state index is -5.19. The van der Waals surface area contributed by atoms with Crippen LogP contribution in [0.3, 0.4) is 0 Å². The van der Waals surface area contributed by atoms with Crippen LogP contribution in [-0.2, 0) is 12.8 Å². The highest BCUT2D eigenvalue weighted by Crippen LogP contribution is 2.38. The van der Waals surface area contributed by atoms with E-state index >= 15 is 0 Å². The van der Waals surface area contributed by atoms with Gasteiger partial charge in [-0.15, -0.1) is 13.2 Å². The summed E-state index contributed by atoms with van der Waals surface area (Å²) in [7, 11) is 0. The molecule has 3 rings (SSSR count). The minimum Gasteiger partial charge on any atom is -0.399 e. The molecule has 34 heavy (non-hydrogen) atoms. The number of alkyl halides is 3. The maximum absolute atomic E-state index is 14.7. The molecule has 1 nitrogen and oxygen atoms in total. The fourth-order valence-corrected chi connectivity index (χ4v) is 4.87. The van der Waals surface area contributed by atoms with Crippen LogP contribution in [-0.4, -0.2) is 6.36 Å². The van der Waals surface area contributed by atoms with Crippen LogP contribution in [0.15, 0.2) is 30.3 Å². The van der Waals surface area contributed by atoms with Crippen LogP contribution in [0.5, 0.6) is 5.75 Å². The molecule has 0 amide bonds. The molecule has 1 saturated carbocycles. The quantitative estimate of drug-likeness (QED) is 0.322. The predicted molar refractivity (Wildman–Crippen MR) is 120 cm³/mol. The first kappa shape index (κ1) is 26.4. The van der Waals surface area contributed by atoms with E-state index in [-0.39, 0.29) is 24.2 Å². The number of halogens is 6. The third-order valence-electron chi connectivity index (χ3n) is 6.75. The number of hydrogen-bond acceptors (Lipinski definition) is 1. The lowest BCUT2D eigenvalue weighted by molar-refractivity contribution is -0.276. The van der Waals surface area contributed by atoms with Gasteiger partial charge in [-0.3, -0.25) is 0 Å². The summed E-state index contributed by atoms with van der Waals surface area (Å²) < 4.78 is 82.8. The van der Waals surface area contributed by atoms with Crippen LogP contribution in [0.1, 0.15) is 81.4 Å². The Morgan fingerprint density at radius 2 is 1.53 bits per heavy atom. The third kappa shape index (κ3) is 7.67. The Balaban J connectivity index is 1.55. The van der Waals surface area contributed by atoms with E-state index in [9.17, 15) is 26.3 Å². The van der Waals surface area contributed by atoms with Gasteiger partial charge < -0.3 is 4.74 Å². The van der Waals surface area contributed by atoms with Gasteiger partial charge in [0.2, 0.25) is 5.75 Å². The number of benzene rings is 2. The van der Waals surface area contributed by atoms with Gasteiger partial charge in [-0.25, -0.2) is 13.2 Å². The molecule has 2 aromatic carbocycles. The van der Waals surface area contributed by atoms with E-state index in [2.05, 4.69) is 18.6 Å². The molecule has 0 saturated heterocycles. The molecule has 0 radical (unpaired) electrons. The Hall–Kier alpha value is -2.18. The van der Waals surface area contributed by atoms with Crippen LogP contribution >= 0.6 is 0 Å². The topological polar surface area (TPSA) is 9.23 Å². The highest BCUT2D eigenvalue weighted by Gasteiger charge is 2.34. The standard InChI is InChI=1S/C27H32F6O/c1-17(2)4-3-5-18-6-9-20(10-7-18)22-13-12-21(23(28)16-22)11-8-19-14-24(29)26(25(30)15-19)34-27(31,32)33/h12-18,20H,3-11H2,1-2H3. The van der Waals surface area contributed by atoms with E-state index in [1.165, 1.54) is 19.3 Å². The molecule has 0 aliphatic heterocycles. The van der Waals surface area contributed by atoms with Crippen molar-refractivity contribution in [3.63, 3.8) is 0 Å². The van der Waals surface area contributed by atoms with Gasteiger partial charge in [0.25, 0.3) is 0 Å². The molecule has 0 heterocycles. The summed E-state index contributed by atoms with van der Waals surface area (Å²) in [5.41, 5.74) is 1.51. The Bertz CT molecular complexity index is 922. The van der Waals surface area contributed by atoms with Crippen LogP contribution in [0.25, 0.3) is 0 Å². The lowest BCUT2D eigenvalue weighted by Crippen LogP contribution is -2.19. The second-order valence-electron chi connectivity index (χ2n) is 9.83. The number of rotatable bonds is 9. The van der Waals surface area contributed by atoms with Crippen molar-refractivity contribution in [1.29, 1.82) is 0 Å². The van der Waals surface area contributed by atoms with Gasteiger partial charge in [-0.2, -0.15) is 0 Å². The normalized spacial score (nSPS) is 19.0. The predicted octanol–water partition coefficient (Wildman–Crippen LogP) is 8.89. The van der Waals surface area contributed by atoms with Crippen molar-refractivity contribution in [3.8, 4) is 5.75 Å². The van der Waals surface area contributed by atoms with E-state index in [0.717, 1.165) is 55.2 Å². The number of ether oxygens (including phenoxy) is 1. The van der Waals surface area contributed by atoms with Gasteiger partial charge >= 0.3 is 6.36 Å². The summed E-state index contributed by atoms with van der Waals surface area (Å²) in [6.45, 7) is 4.49. The highest BCUT2D eigenvalue weighted by atomic mass is 19.4. The van der Waals surface area contributed by atoms with Gasteiger partial charge in [0.15, 0.2) is 11.6 Å². The molecule has 0 bridgehead atoms. The van der Waals surface area contributed by atoms with Crippen LogP contribution in [0.2, 0.25) is 0 Å². The zero-order valence-electron chi connectivity index (χ0n) is 19.7. The highest BCUT2D eigenvalue weighted by molar-refractivity contribution is 5.33. The third-order valence-corrected chi connectivity index (χ3v) is 6.75. The molecule has 0 unspecified atom stereocenters. The Labute approximate surface area is 197 Å². The van der Waals surface area contributed by atoms with Gasteiger partial charge in [0.05, 0.1) is 0 Å². The molecule has 0 aromatic heterocycles. The first-order valence-corrected chi connectivity index (χ1v) is 12.0. The molecule has 0 spiro atoms. The van der Waals surface area contributed by atoms with E-state index < -0.39 is 23.7 Å². The lowest BCUT2D eigenvalue weighted by atomic mass is 9.76. The zero-order valence-corrected chi connectivity index (χ0v) is 19.7. The molecule has 188 valence electrons. The Morgan fingerprint density at radius 1 is 0.882 bits per heavy atom. The Morgan fingerprint density at radius 3 is 2.09 bits per heavy atom. The molecular weight excluding hydrogens is 454 g/mol. The van der Waals surface area contributed by atoms with E-state index in [1.54, 1.807) is 12.1 Å². The second-order valence-corrected chi connectivity index (χ2v) is 9.83. The van der Waals surface area contributed by atoms with Gasteiger partial charge in [0.1, 0.15) is 5.82 Å². The fraction of sp³-hybridized carbons (Fsp3) is 0.556. The second kappa shape index (κ2) is 11.5. The van der Waals surface area contributed by atoms with Crippen molar-refractivity contribution in [2.45, 2.75) is 83.9 Å². The maximum Gasteiger partial charge on any atom is 0.573 e. The average molecular weight is 487 g/mol. The first-order valence-electron chi connectivity index (χ1n) is 12.0. The largest absolute Gasteiger partial charge is 0.573 e. The summed E-state index contributed by atoms with van der Waals surface area (Å²) in [6, 6.07) is 6.75. The van der Waals surface area contributed by atoms with Gasteiger partial charge in [-0.05, 0) is 91.2 Å². The van der Waals surface area contributed by atoms with Crippen LogP contribution < -0.4 is 4.74 Å². The molecule has 0 N–H and O–H groups in total. The number of aryl methyl sites for hydroxylation is 2. The van der Waals surface area contributed by atoms with Crippen molar-refractivity contribution < 1.29 is 31.1 Å². The summed E-state index contributed by atoms with van der Waals surface area (Å²) in [5, 5.41) is 0. The number of hydrogen-bond donors (Lipinski definition) is 0. The summed E-state index contributed by atoms with van der Waals surface area (Å²) in [5.74, 6) is -2.90. The van der Waals surface area contributed by atoms with E-state index in [1.807, 2.05) is 6.07 Å². The van der Waals surface area contributed by atoms with Crippen LogP contribution in [0, 0.1) is 29.3 Å². The fourth-order valence-electron chi connectivity index (χ4n) is 4.87. The molecule has 1 fully saturated rings. The molecule has 1 aliphatic carbocycles. The first-order chi connectivity index (χ1) is 16.0. The molecular formula is C27H32F6O. The van der Waals surface area contributed by atoms with Gasteiger partial charge in [0, 0.05) is 0 Å². The SMILES string of the molecule is CC(C)CCCC1CCC(c2ccc(CCc3cc(F)c(OC(F)(F)F)c(F)c3)c(F)c2)CC1. The summed E-state index contributed by atoms with van der Waals surface area (Å²) in [4.78, 5) is 0. The van der Waals surface area contributed by atoms with Crippen molar-refractivity contribution >= 4 is 0 Å². The molecule has 2 aromatic rings. The zero-order chi connectivity index (χ0) is 24.9. The van der Waals surface area contributed by atoms with Gasteiger partial charge in [-0.1, -0.05) is 45.2 Å². The van der Waals surface area contributed by atoms with Crippen molar-refractivity contribution in [3.05, 3.63) is 64.5 Å². The Kier molecular flexibility index (Phi) is 8.94. The summed E-state index contributed by atoms with van der Waals surface area (Å²) >= 11 is 0. The smallest absolute Gasteiger partial charge is 0.399 e. The minimum absolute atomic E-state index is 0.0812. The van der Waals surface area contributed by atoms with Crippen molar-refractivity contribution in [1.82, 2.24) is 0 Å². The lowest BCUT2D eigenvalue weighted by Gasteiger charge is -2.29. The van der Waals surface area contributed by atoms with Crippen molar-refractivity contribution in [2.24, 2.45) is 11.8 Å². The van der Waals surface area contributed by atoms with E-state index in [0.29, 0.717) is 11.5 Å². The molecule has 0 atom stereocenters. The maximum atomic E-state index is 14.7. The van der Waals surface area contributed by atoms with Crippen molar-refractivity contribution in [2.75, 3.05) is 0 Å². The molecule has 1 aliphatic rings. The monoisotopic (exact) mass is 486 g/mol.